The predicted molar refractivity (Wildman–Crippen MR) is 110 cm³/mol. The van der Waals surface area contributed by atoms with Crippen LogP contribution in [0.4, 0.5) is 5.69 Å². The van der Waals surface area contributed by atoms with Gasteiger partial charge in [-0.3, -0.25) is 9.69 Å². The van der Waals surface area contributed by atoms with Crippen molar-refractivity contribution in [1.29, 1.82) is 0 Å². The van der Waals surface area contributed by atoms with E-state index in [9.17, 15) is 9.59 Å². The minimum Gasteiger partial charge on any atom is -0.465 e. The van der Waals surface area contributed by atoms with Crippen LogP contribution in [0, 0.1) is 0 Å². The van der Waals surface area contributed by atoms with Crippen LogP contribution in [-0.2, 0) is 14.3 Å². The molecule has 0 atom stereocenters. The largest absolute Gasteiger partial charge is 0.465 e. The second-order valence-corrected chi connectivity index (χ2v) is 7.16. The van der Waals surface area contributed by atoms with Gasteiger partial charge in [-0.15, -0.1) is 11.8 Å². The molecule has 1 aliphatic heterocycles. The van der Waals surface area contributed by atoms with Crippen molar-refractivity contribution in [3.05, 3.63) is 76.0 Å². The number of methoxy groups -OCH3 is 1. The molecule has 0 aromatic heterocycles. The Morgan fingerprint density at radius 3 is 2.41 bits per heavy atom. The van der Waals surface area contributed by atoms with Crippen molar-refractivity contribution in [3.8, 4) is 0 Å². The molecule has 6 heteroatoms. The molecule has 0 unspecified atom stereocenters. The third kappa shape index (κ3) is 3.66. The Hall–Kier alpha value is -2.50. The molecule has 0 aliphatic carbocycles. The molecule has 138 valence electrons. The topological polar surface area (TPSA) is 46.6 Å². The van der Waals surface area contributed by atoms with E-state index < -0.39 is 5.97 Å². The minimum atomic E-state index is -0.553. The number of esters is 1. The molecule has 0 fully saturated rings. The van der Waals surface area contributed by atoms with E-state index in [2.05, 4.69) is 0 Å². The van der Waals surface area contributed by atoms with Crippen LogP contribution < -0.4 is 4.90 Å². The number of benzene rings is 2. The van der Waals surface area contributed by atoms with E-state index in [-0.39, 0.29) is 17.1 Å². The minimum absolute atomic E-state index is 0.247. The number of halogens is 1. The van der Waals surface area contributed by atoms with E-state index in [1.54, 1.807) is 49.0 Å². The zero-order valence-corrected chi connectivity index (χ0v) is 16.7. The summed E-state index contributed by atoms with van der Waals surface area (Å²) in [4.78, 5) is 28.1. The van der Waals surface area contributed by atoms with Crippen molar-refractivity contribution in [2.24, 2.45) is 0 Å². The first-order valence-corrected chi connectivity index (χ1v) is 9.82. The highest BCUT2D eigenvalue weighted by atomic mass is 35.5. The van der Waals surface area contributed by atoms with Gasteiger partial charge in [0.15, 0.2) is 0 Å². The van der Waals surface area contributed by atoms with Crippen molar-refractivity contribution in [3.63, 3.8) is 0 Å². The highest BCUT2D eigenvalue weighted by Crippen LogP contribution is 2.38. The van der Waals surface area contributed by atoms with Gasteiger partial charge in [-0.2, -0.15) is 0 Å². The fourth-order valence-electron chi connectivity index (χ4n) is 2.97. The average Bonchev–Trinajstić information content (AvgIpc) is 2.92. The fraction of sp³-hybridized carbons (Fsp3) is 0.143. The number of anilines is 1. The molecule has 0 radical (unpaired) electrons. The average molecular weight is 400 g/mol. The van der Waals surface area contributed by atoms with Crippen molar-refractivity contribution in [2.45, 2.75) is 11.8 Å². The van der Waals surface area contributed by atoms with E-state index in [1.165, 1.54) is 12.0 Å². The smallest absolute Gasteiger partial charge is 0.340 e. The van der Waals surface area contributed by atoms with Gasteiger partial charge in [0, 0.05) is 10.6 Å². The fourth-order valence-corrected chi connectivity index (χ4v) is 3.60. The zero-order chi connectivity index (χ0) is 19.6. The Morgan fingerprint density at radius 1 is 1.15 bits per heavy atom. The van der Waals surface area contributed by atoms with Crippen LogP contribution in [-0.4, -0.2) is 25.2 Å². The number of allylic oxidation sites excluding steroid dienone is 1. The monoisotopic (exact) mass is 399 g/mol. The summed E-state index contributed by atoms with van der Waals surface area (Å²) in [7, 11) is 1.30. The zero-order valence-electron chi connectivity index (χ0n) is 15.2. The maximum absolute atomic E-state index is 13.2. The number of ether oxygens (including phenoxy) is 1. The summed E-state index contributed by atoms with van der Waals surface area (Å²) in [6.07, 6.45) is 3.70. The second kappa shape index (κ2) is 8.03. The van der Waals surface area contributed by atoms with Crippen LogP contribution in [0.2, 0.25) is 5.02 Å². The molecule has 1 heterocycles. The van der Waals surface area contributed by atoms with Gasteiger partial charge < -0.3 is 4.74 Å². The molecule has 0 bridgehead atoms. The van der Waals surface area contributed by atoms with Crippen molar-refractivity contribution in [2.75, 3.05) is 18.3 Å². The summed E-state index contributed by atoms with van der Waals surface area (Å²) in [5.74, 6) is -0.864. The van der Waals surface area contributed by atoms with Crippen LogP contribution >= 0.6 is 23.4 Å². The number of carbonyl (C=O) groups excluding carboxylic acids is 2. The number of nitrogens with zero attached hydrogens (tertiary/aromatic N) is 1. The molecule has 0 saturated heterocycles. The molecule has 27 heavy (non-hydrogen) atoms. The van der Waals surface area contributed by atoms with Crippen molar-refractivity contribution in [1.82, 2.24) is 0 Å². The first-order chi connectivity index (χ1) is 13.0. The Balaban J connectivity index is 2.12. The lowest BCUT2D eigenvalue weighted by Crippen LogP contribution is -2.24. The lowest BCUT2D eigenvalue weighted by molar-refractivity contribution is -0.136. The quantitative estimate of drug-likeness (QED) is 0.415. The van der Waals surface area contributed by atoms with Crippen LogP contribution in [0.5, 0.6) is 0 Å². The molecule has 4 nitrogen and oxygen atoms in total. The van der Waals surface area contributed by atoms with Crippen molar-refractivity contribution < 1.29 is 14.3 Å². The number of para-hydroxylation sites is 1. The Labute approximate surface area is 167 Å². The number of rotatable bonds is 4. The second-order valence-electron chi connectivity index (χ2n) is 5.88. The summed E-state index contributed by atoms with van der Waals surface area (Å²) in [5, 5.41) is 0.431. The Kier molecular flexibility index (Phi) is 5.73. The molecule has 2 aromatic rings. The van der Waals surface area contributed by atoms with Crippen LogP contribution in [0.3, 0.4) is 0 Å². The van der Waals surface area contributed by atoms with Gasteiger partial charge in [0.25, 0.3) is 5.91 Å². The molecule has 0 N–H and O–H groups in total. The molecule has 1 amide bonds. The SMILES string of the molecule is COC(=O)C1=C(C)N(c2ccccc2Cl)C(=O)C1=Cc1ccc(SC)cc1. The van der Waals surface area contributed by atoms with E-state index in [0.717, 1.165) is 10.5 Å². The molecule has 3 rings (SSSR count). The van der Waals surface area contributed by atoms with Crippen LogP contribution in [0.1, 0.15) is 12.5 Å². The van der Waals surface area contributed by atoms with Gasteiger partial charge in [-0.1, -0.05) is 35.9 Å². The summed E-state index contributed by atoms with van der Waals surface area (Å²) in [6, 6.07) is 14.8. The predicted octanol–water partition coefficient (Wildman–Crippen LogP) is 4.94. The molecular weight excluding hydrogens is 382 g/mol. The Morgan fingerprint density at radius 2 is 1.81 bits per heavy atom. The summed E-state index contributed by atoms with van der Waals surface area (Å²) in [6.45, 7) is 1.71. The van der Waals surface area contributed by atoms with Crippen LogP contribution in [0.15, 0.2) is 70.3 Å². The number of amides is 1. The first-order valence-electron chi connectivity index (χ1n) is 8.22. The van der Waals surface area contributed by atoms with Crippen LogP contribution in [0.25, 0.3) is 6.08 Å². The molecular formula is C21H18ClNO3S. The maximum atomic E-state index is 13.2. The summed E-state index contributed by atoms with van der Waals surface area (Å²) >= 11 is 7.92. The standard InChI is InChI=1S/C21H18ClNO3S/c1-13-19(21(25)26-2)16(12-14-8-10-15(27-3)11-9-14)20(24)23(13)18-7-5-4-6-17(18)22/h4-12H,1-3H3. The molecule has 0 spiro atoms. The summed E-state index contributed by atoms with van der Waals surface area (Å²) in [5.41, 5.74) is 2.38. The number of carbonyl (C=O) groups is 2. The van der Waals surface area contributed by atoms with E-state index in [0.29, 0.717) is 16.4 Å². The van der Waals surface area contributed by atoms with Gasteiger partial charge >= 0.3 is 5.97 Å². The van der Waals surface area contributed by atoms with Crippen molar-refractivity contribution >= 4 is 47.0 Å². The number of hydrogen-bond acceptors (Lipinski definition) is 4. The van der Waals surface area contributed by atoms with Gasteiger partial charge in [-0.25, -0.2) is 4.79 Å². The van der Waals surface area contributed by atoms with Gasteiger partial charge in [0.2, 0.25) is 0 Å². The third-order valence-corrected chi connectivity index (χ3v) is 5.37. The number of thioether (sulfide) groups is 1. The lowest BCUT2D eigenvalue weighted by Gasteiger charge is -2.19. The lowest BCUT2D eigenvalue weighted by atomic mass is 10.0. The Bertz CT molecular complexity index is 964. The van der Waals surface area contributed by atoms with E-state index >= 15 is 0 Å². The highest BCUT2D eigenvalue weighted by molar-refractivity contribution is 7.98. The molecule has 1 aliphatic rings. The summed E-state index contributed by atoms with van der Waals surface area (Å²) < 4.78 is 4.92. The molecule has 0 saturated carbocycles. The van der Waals surface area contributed by atoms with Gasteiger partial charge in [-0.05, 0) is 49.1 Å². The van der Waals surface area contributed by atoms with E-state index in [1.807, 2.05) is 30.5 Å². The van der Waals surface area contributed by atoms with Gasteiger partial charge in [0.05, 0.1) is 29.0 Å². The van der Waals surface area contributed by atoms with Gasteiger partial charge in [0.1, 0.15) is 0 Å². The van der Waals surface area contributed by atoms with E-state index in [4.69, 9.17) is 16.3 Å². The first kappa shape index (κ1) is 19.3. The number of hydrogen-bond donors (Lipinski definition) is 0. The third-order valence-electron chi connectivity index (χ3n) is 4.31. The maximum Gasteiger partial charge on any atom is 0.340 e. The highest BCUT2D eigenvalue weighted by Gasteiger charge is 2.38. The normalized spacial score (nSPS) is 15.6. The molecule has 2 aromatic carbocycles.